The quantitative estimate of drug-likeness (QED) is 0.372. The van der Waals surface area contributed by atoms with Gasteiger partial charge in [0.25, 0.3) is 0 Å². The molecular formula is C27H30N6O. The fourth-order valence-corrected chi connectivity index (χ4v) is 3.40. The highest BCUT2D eigenvalue weighted by molar-refractivity contribution is 6.09. The molecule has 1 unspecified atom stereocenters. The molecule has 0 amide bonds. The predicted molar refractivity (Wildman–Crippen MR) is 138 cm³/mol. The van der Waals surface area contributed by atoms with E-state index in [0.29, 0.717) is 24.5 Å². The Kier molecular flexibility index (Phi) is 9.66. The van der Waals surface area contributed by atoms with Crippen molar-refractivity contribution in [3.05, 3.63) is 95.8 Å². The van der Waals surface area contributed by atoms with E-state index in [-0.39, 0.29) is 6.10 Å². The summed E-state index contributed by atoms with van der Waals surface area (Å²) in [7, 11) is 1.70. The van der Waals surface area contributed by atoms with Crippen molar-refractivity contribution in [2.75, 3.05) is 32.0 Å². The lowest BCUT2D eigenvalue weighted by Gasteiger charge is -2.27. The van der Waals surface area contributed by atoms with Gasteiger partial charge >= 0.3 is 0 Å². The fourth-order valence-electron chi connectivity index (χ4n) is 3.40. The highest BCUT2D eigenvalue weighted by Gasteiger charge is 2.20. The van der Waals surface area contributed by atoms with Gasteiger partial charge < -0.3 is 21.1 Å². The molecule has 4 N–H and O–H groups in total. The Morgan fingerprint density at radius 2 is 2.00 bits per heavy atom. The van der Waals surface area contributed by atoms with Crippen molar-refractivity contribution in [2.45, 2.75) is 12.5 Å². The third-order valence-electron chi connectivity index (χ3n) is 5.12. The lowest BCUT2D eigenvalue weighted by molar-refractivity contribution is 0.194. The number of rotatable bonds is 7. The number of ether oxygens (including phenoxy) is 1. The van der Waals surface area contributed by atoms with Gasteiger partial charge in [-0.05, 0) is 36.7 Å². The Morgan fingerprint density at radius 1 is 1.24 bits per heavy atom. The second kappa shape index (κ2) is 13.4. The number of nitriles is 1. The molecule has 34 heavy (non-hydrogen) atoms. The molecule has 0 spiro atoms. The number of anilines is 1. The molecule has 3 aromatic rings. The van der Waals surface area contributed by atoms with Gasteiger partial charge in [-0.3, -0.25) is 4.99 Å². The number of nitrogens with one attached hydrogen (secondary N) is 2. The van der Waals surface area contributed by atoms with Crippen LogP contribution in [0.4, 0.5) is 5.69 Å². The van der Waals surface area contributed by atoms with Crippen molar-refractivity contribution >= 4 is 17.5 Å². The van der Waals surface area contributed by atoms with E-state index in [1.165, 1.54) is 6.20 Å². The normalized spacial score (nSPS) is 14.7. The number of pyridine rings is 1. The molecule has 7 nitrogen and oxygen atoms in total. The third-order valence-corrected chi connectivity index (χ3v) is 5.12. The van der Waals surface area contributed by atoms with Crippen LogP contribution in [0.25, 0.3) is 5.57 Å². The first-order valence-electron chi connectivity index (χ1n) is 11.2. The van der Waals surface area contributed by atoms with Gasteiger partial charge in [-0.2, -0.15) is 5.26 Å². The number of allylic oxidation sites excluding steroid dienone is 1. The molecule has 0 saturated carbocycles. The van der Waals surface area contributed by atoms with E-state index >= 15 is 0 Å². The van der Waals surface area contributed by atoms with E-state index in [2.05, 4.69) is 26.7 Å². The standard InChI is InChI=1S/C21H24N6O.C6H6/c1-24-11-18(10-23)17-8-20-21(27-12-17)28-19(14-26-20)13-25-6-5-15-3-2-4-16(7-15)9-22;1-2-4-6-5-3-1/h2-4,7-8,10-12,19,25-26H,5-6,13-14,23H2,1H3;1-6H/b18-10+,24-11?;. The first-order valence-corrected chi connectivity index (χ1v) is 11.2. The van der Waals surface area contributed by atoms with Crippen LogP contribution < -0.4 is 21.1 Å². The summed E-state index contributed by atoms with van der Waals surface area (Å²) < 4.78 is 5.99. The largest absolute Gasteiger partial charge is 0.470 e. The van der Waals surface area contributed by atoms with Crippen LogP contribution in [0.15, 0.2) is 84.1 Å². The molecule has 174 valence electrons. The van der Waals surface area contributed by atoms with Gasteiger partial charge in [0.1, 0.15) is 6.10 Å². The van der Waals surface area contributed by atoms with Gasteiger partial charge in [0, 0.05) is 43.3 Å². The number of nitrogens with two attached hydrogens (primary N) is 1. The maximum Gasteiger partial charge on any atom is 0.237 e. The predicted octanol–water partition coefficient (Wildman–Crippen LogP) is 3.65. The minimum Gasteiger partial charge on any atom is -0.470 e. The lowest BCUT2D eigenvalue weighted by Crippen LogP contribution is -2.40. The molecule has 2 aromatic carbocycles. The molecule has 0 fully saturated rings. The summed E-state index contributed by atoms with van der Waals surface area (Å²) in [6.45, 7) is 2.22. The first kappa shape index (κ1) is 24.5. The van der Waals surface area contributed by atoms with Crippen LogP contribution >= 0.6 is 0 Å². The summed E-state index contributed by atoms with van der Waals surface area (Å²) in [6, 6.07) is 23.8. The molecule has 2 heterocycles. The van der Waals surface area contributed by atoms with Crippen molar-refractivity contribution in [1.29, 1.82) is 5.26 Å². The number of nitrogens with zero attached hydrogens (tertiary/aromatic N) is 3. The lowest BCUT2D eigenvalue weighted by atomic mass is 10.1. The molecule has 4 rings (SSSR count). The number of aliphatic imine (C=N–C) groups is 1. The van der Waals surface area contributed by atoms with E-state index < -0.39 is 0 Å². The molecule has 1 aliphatic heterocycles. The molecular weight excluding hydrogens is 424 g/mol. The summed E-state index contributed by atoms with van der Waals surface area (Å²) in [5, 5.41) is 15.7. The van der Waals surface area contributed by atoms with Crippen LogP contribution in [0, 0.1) is 11.3 Å². The molecule has 0 saturated heterocycles. The maximum absolute atomic E-state index is 8.96. The van der Waals surface area contributed by atoms with Crippen LogP contribution in [0.5, 0.6) is 5.88 Å². The highest BCUT2D eigenvalue weighted by Crippen LogP contribution is 2.29. The number of hydrogen-bond acceptors (Lipinski definition) is 7. The maximum atomic E-state index is 8.96. The first-order chi connectivity index (χ1) is 16.7. The summed E-state index contributed by atoms with van der Waals surface area (Å²) in [5.41, 5.74) is 10.0. The molecule has 0 bridgehead atoms. The van der Waals surface area contributed by atoms with Crippen molar-refractivity contribution in [1.82, 2.24) is 10.3 Å². The number of fused-ring (bicyclic) bond motifs is 1. The van der Waals surface area contributed by atoms with Crippen LogP contribution in [0.1, 0.15) is 16.7 Å². The molecule has 0 radical (unpaired) electrons. The molecule has 0 aliphatic carbocycles. The van der Waals surface area contributed by atoms with Gasteiger partial charge in [0.2, 0.25) is 5.88 Å². The van der Waals surface area contributed by atoms with Gasteiger partial charge in [0.05, 0.1) is 23.9 Å². The summed E-state index contributed by atoms with van der Waals surface area (Å²) in [6.07, 6.45) is 5.81. The van der Waals surface area contributed by atoms with E-state index in [1.54, 1.807) is 19.5 Å². The molecule has 1 atom stereocenters. The summed E-state index contributed by atoms with van der Waals surface area (Å²) in [5.74, 6) is 0.591. The Hall–Kier alpha value is -4.15. The minimum absolute atomic E-state index is 0.00184. The van der Waals surface area contributed by atoms with E-state index in [4.69, 9.17) is 15.7 Å². The number of benzene rings is 2. The second-order valence-corrected chi connectivity index (χ2v) is 7.63. The summed E-state index contributed by atoms with van der Waals surface area (Å²) in [4.78, 5) is 8.42. The van der Waals surface area contributed by atoms with E-state index in [1.807, 2.05) is 66.7 Å². The molecule has 1 aliphatic rings. The zero-order chi connectivity index (χ0) is 24.0. The Balaban J connectivity index is 0.000000469. The SMILES string of the molecule is CN=C/C(=C\N)c1cnc2c(c1)NCC(CNCCc1cccc(C#N)c1)O2.c1ccccc1. The second-order valence-electron chi connectivity index (χ2n) is 7.63. The average Bonchev–Trinajstić information content (AvgIpc) is 2.91. The van der Waals surface area contributed by atoms with Gasteiger partial charge in [-0.1, -0.05) is 48.5 Å². The van der Waals surface area contributed by atoms with Gasteiger partial charge in [-0.25, -0.2) is 4.98 Å². The van der Waals surface area contributed by atoms with Crippen molar-refractivity contribution in [2.24, 2.45) is 10.7 Å². The Morgan fingerprint density at radius 3 is 2.68 bits per heavy atom. The molecule has 1 aromatic heterocycles. The Labute approximate surface area is 201 Å². The van der Waals surface area contributed by atoms with Crippen molar-refractivity contribution in [3.8, 4) is 11.9 Å². The highest BCUT2D eigenvalue weighted by atomic mass is 16.5. The Bertz CT molecular complexity index is 1110. The van der Waals surface area contributed by atoms with Crippen LogP contribution in [-0.4, -0.2) is 44.0 Å². The van der Waals surface area contributed by atoms with Crippen LogP contribution in [0.2, 0.25) is 0 Å². The van der Waals surface area contributed by atoms with Crippen molar-refractivity contribution < 1.29 is 4.74 Å². The number of aromatic nitrogens is 1. The monoisotopic (exact) mass is 454 g/mol. The minimum atomic E-state index is -0.00184. The zero-order valence-electron chi connectivity index (χ0n) is 19.3. The van der Waals surface area contributed by atoms with Gasteiger partial charge in [-0.15, -0.1) is 0 Å². The fraction of sp³-hybridized carbons (Fsp3) is 0.222. The average molecular weight is 455 g/mol. The van der Waals surface area contributed by atoms with E-state index in [0.717, 1.165) is 35.4 Å². The smallest absolute Gasteiger partial charge is 0.237 e. The van der Waals surface area contributed by atoms with Gasteiger partial charge in [0.15, 0.2) is 0 Å². The summed E-state index contributed by atoms with van der Waals surface area (Å²) >= 11 is 0. The molecule has 7 heteroatoms. The number of hydrogen-bond donors (Lipinski definition) is 3. The van der Waals surface area contributed by atoms with E-state index in [9.17, 15) is 0 Å². The topological polar surface area (TPSA) is 108 Å². The third kappa shape index (κ3) is 7.47. The zero-order valence-corrected chi connectivity index (χ0v) is 19.3. The van der Waals surface area contributed by atoms with Crippen LogP contribution in [0.3, 0.4) is 0 Å². The van der Waals surface area contributed by atoms with Crippen LogP contribution in [-0.2, 0) is 6.42 Å². The van der Waals surface area contributed by atoms with Crippen molar-refractivity contribution in [3.63, 3.8) is 0 Å².